The fourth-order valence-electron chi connectivity index (χ4n) is 2.02. The van der Waals surface area contributed by atoms with Crippen molar-refractivity contribution in [3.05, 3.63) is 35.4 Å². The van der Waals surface area contributed by atoms with E-state index in [1.807, 2.05) is 0 Å². The third kappa shape index (κ3) is 3.46. The molecule has 2 atom stereocenters. The Bertz CT molecular complexity index is 475. The number of benzene rings is 1. The molecule has 0 bridgehead atoms. The van der Waals surface area contributed by atoms with E-state index in [4.69, 9.17) is 0 Å². The number of hydrogen-bond donors (Lipinski definition) is 1. The molecule has 0 radical (unpaired) electrons. The van der Waals surface area contributed by atoms with Gasteiger partial charge in [-0.1, -0.05) is 12.1 Å². The number of halogens is 3. The van der Waals surface area contributed by atoms with Gasteiger partial charge in [0.15, 0.2) is 0 Å². The van der Waals surface area contributed by atoms with Gasteiger partial charge in [-0.05, 0) is 17.7 Å². The zero-order valence-corrected chi connectivity index (χ0v) is 11.6. The molecule has 20 heavy (non-hydrogen) atoms. The van der Waals surface area contributed by atoms with Gasteiger partial charge in [0.05, 0.1) is 12.7 Å². The maximum absolute atomic E-state index is 12.5. The summed E-state index contributed by atoms with van der Waals surface area (Å²) < 4.78 is 42.2. The standard InChI is InChI=1S/C13H14F3NO2S/c1-19-12(18)11-7-20-6-10(17-11)8-2-4-9(5-3-8)13(14,15)16/h2-5,10-11,17H,6-7H2,1H3. The molecule has 2 rings (SSSR count). The molecule has 1 aromatic rings. The smallest absolute Gasteiger partial charge is 0.416 e. The molecule has 7 heteroatoms. The van der Waals surface area contributed by atoms with Crippen molar-refractivity contribution in [3.63, 3.8) is 0 Å². The Balaban J connectivity index is 2.09. The minimum absolute atomic E-state index is 0.153. The molecule has 1 aliphatic heterocycles. The number of methoxy groups -OCH3 is 1. The van der Waals surface area contributed by atoms with Gasteiger partial charge >= 0.3 is 12.1 Å². The van der Waals surface area contributed by atoms with Crippen LogP contribution in [0.2, 0.25) is 0 Å². The van der Waals surface area contributed by atoms with Crippen molar-refractivity contribution < 1.29 is 22.7 Å². The van der Waals surface area contributed by atoms with Gasteiger partial charge in [0.25, 0.3) is 0 Å². The van der Waals surface area contributed by atoms with E-state index < -0.39 is 17.8 Å². The van der Waals surface area contributed by atoms with Gasteiger partial charge in [0.2, 0.25) is 0 Å². The lowest BCUT2D eigenvalue weighted by Crippen LogP contribution is -2.45. The number of esters is 1. The highest BCUT2D eigenvalue weighted by atomic mass is 32.2. The van der Waals surface area contributed by atoms with Gasteiger partial charge in [-0.15, -0.1) is 0 Å². The minimum atomic E-state index is -4.33. The lowest BCUT2D eigenvalue weighted by molar-refractivity contribution is -0.142. The van der Waals surface area contributed by atoms with E-state index in [2.05, 4.69) is 10.1 Å². The van der Waals surface area contributed by atoms with Crippen LogP contribution in [0.25, 0.3) is 0 Å². The molecule has 1 heterocycles. The summed E-state index contributed by atoms with van der Waals surface area (Å²) >= 11 is 1.57. The van der Waals surface area contributed by atoms with Crippen molar-refractivity contribution in [2.24, 2.45) is 0 Å². The van der Waals surface area contributed by atoms with Gasteiger partial charge in [0.1, 0.15) is 6.04 Å². The molecule has 110 valence electrons. The maximum atomic E-state index is 12.5. The fraction of sp³-hybridized carbons (Fsp3) is 0.462. The zero-order chi connectivity index (χ0) is 14.8. The highest BCUT2D eigenvalue weighted by molar-refractivity contribution is 7.99. The number of thioether (sulfide) groups is 1. The SMILES string of the molecule is COC(=O)C1CSCC(c2ccc(C(F)(F)F)cc2)N1. The van der Waals surface area contributed by atoms with Crippen molar-refractivity contribution in [1.29, 1.82) is 0 Å². The van der Waals surface area contributed by atoms with Gasteiger partial charge in [-0.25, -0.2) is 0 Å². The van der Waals surface area contributed by atoms with Crippen molar-refractivity contribution >= 4 is 17.7 Å². The number of nitrogens with one attached hydrogen (secondary N) is 1. The van der Waals surface area contributed by atoms with E-state index in [0.29, 0.717) is 11.5 Å². The maximum Gasteiger partial charge on any atom is 0.416 e. The average molecular weight is 305 g/mol. The number of carbonyl (C=O) groups excluding carboxylic acids is 1. The van der Waals surface area contributed by atoms with E-state index >= 15 is 0 Å². The fourth-order valence-corrected chi connectivity index (χ4v) is 3.15. The molecule has 1 aliphatic rings. The Morgan fingerprint density at radius 3 is 2.50 bits per heavy atom. The third-order valence-corrected chi connectivity index (χ3v) is 4.24. The number of rotatable bonds is 2. The molecule has 0 saturated carbocycles. The summed E-state index contributed by atoms with van der Waals surface area (Å²) in [5.74, 6) is 0.956. The lowest BCUT2D eigenvalue weighted by Gasteiger charge is -2.29. The summed E-state index contributed by atoms with van der Waals surface area (Å²) in [6, 6.07) is 4.43. The highest BCUT2D eigenvalue weighted by Crippen LogP contribution is 2.31. The van der Waals surface area contributed by atoms with E-state index in [9.17, 15) is 18.0 Å². The third-order valence-electron chi connectivity index (χ3n) is 3.10. The molecule has 0 aliphatic carbocycles. The van der Waals surface area contributed by atoms with Crippen molar-refractivity contribution in [3.8, 4) is 0 Å². The number of ether oxygens (including phenoxy) is 1. The van der Waals surface area contributed by atoms with Crippen molar-refractivity contribution in [2.45, 2.75) is 18.3 Å². The lowest BCUT2D eigenvalue weighted by atomic mass is 10.0. The number of hydrogen-bond acceptors (Lipinski definition) is 4. The van der Waals surface area contributed by atoms with Gasteiger partial charge < -0.3 is 4.74 Å². The molecular formula is C13H14F3NO2S. The van der Waals surface area contributed by atoms with E-state index in [-0.39, 0.29) is 12.0 Å². The van der Waals surface area contributed by atoms with E-state index in [1.54, 1.807) is 11.8 Å². The van der Waals surface area contributed by atoms with Crippen LogP contribution >= 0.6 is 11.8 Å². The molecule has 1 saturated heterocycles. The van der Waals surface area contributed by atoms with Crippen LogP contribution in [-0.2, 0) is 15.7 Å². The predicted molar refractivity (Wildman–Crippen MR) is 70.4 cm³/mol. The Morgan fingerprint density at radius 1 is 1.30 bits per heavy atom. The molecule has 3 nitrogen and oxygen atoms in total. The summed E-state index contributed by atoms with van der Waals surface area (Å²) in [5, 5.41) is 3.10. The second kappa shape index (κ2) is 6.05. The number of alkyl halides is 3. The second-order valence-corrected chi connectivity index (χ2v) is 5.53. The van der Waals surface area contributed by atoms with Crippen LogP contribution in [0.5, 0.6) is 0 Å². The molecule has 0 aromatic heterocycles. The highest BCUT2D eigenvalue weighted by Gasteiger charge is 2.31. The molecule has 1 fully saturated rings. The monoisotopic (exact) mass is 305 g/mol. The zero-order valence-electron chi connectivity index (χ0n) is 10.7. The first kappa shape index (κ1) is 15.2. The average Bonchev–Trinajstić information content (AvgIpc) is 2.46. The van der Waals surface area contributed by atoms with Gasteiger partial charge in [-0.3, -0.25) is 10.1 Å². The summed E-state index contributed by atoms with van der Waals surface area (Å²) in [7, 11) is 1.32. The van der Waals surface area contributed by atoms with Crippen molar-refractivity contribution in [2.75, 3.05) is 18.6 Å². The quantitative estimate of drug-likeness (QED) is 0.853. The van der Waals surface area contributed by atoms with E-state index in [0.717, 1.165) is 17.7 Å². The largest absolute Gasteiger partial charge is 0.468 e. The summed E-state index contributed by atoms with van der Waals surface area (Å²) in [6.45, 7) is 0. The second-order valence-electron chi connectivity index (χ2n) is 4.45. The Morgan fingerprint density at radius 2 is 1.95 bits per heavy atom. The summed E-state index contributed by atoms with van der Waals surface area (Å²) in [4.78, 5) is 11.5. The summed E-state index contributed by atoms with van der Waals surface area (Å²) in [5.41, 5.74) is 0.0633. The molecule has 0 spiro atoms. The molecule has 0 amide bonds. The molecule has 1 aromatic carbocycles. The Hall–Kier alpha value is -1.21. The predicted octanol–water partition coefficient (Wildman–Crippen LogP) is 2.62. The minimum Gasteiger partial charge on any atom is -0.468 e. The number of carbonyl (C=O) groups is 1. The van der Waals surface area contributed by atoms with Crippen LogP contribution in [0, 0.1) is 0 Å². The van der Waals surface area contributed by atoms with Crippen LogP contribution in [0.3, 0.4) is 0 Å². The van der Waals surface area contributed by atoms with Crippen LogP contribution in [0.4, 0.5) is 13.2 Å². The van der Waals surface area contributed by atoms with Gasteiger partial charge in [-0.2, -0.15) is 24.9 Å². The molecule has 2 unspecified atom stereocenters. The van der Waals surface area contributed by atoms with Crippen LogP contribution in [-0.4, -0.2) is 30.6 Å². The topological polar surface area (TPSA) is 38.3 Å². The summed E-state index contributed by atoms with van der Waals surface area (Å²) in [6.07, 6.45) is -4.33. The van der Waals surface area contributed by atoms with Crippen LogP contribution in [0.1, 0.15) is 17.2 Å². The van der Waals surface area contributed by atoms with Crippen molar-refractivity contribution in [1.82, 2.24) is 5.32 Å². The first-order valence-corrected chi connectivity index (χ1v) is 7.16. The molecule has 1 N–H and O–H groups in total. The van der Waals surface area contributed by atoms with Gasteiger partial charge in [0, 0.05) is 17.5 Å². The van der Waals surface area contributed by atoms with Crippen LogP contribution < -0.4 is 5.32 Å². The Kier molecular flexibility index (Phi) is 4.59. The van der Waals surface area contributed by atoms with Crippen LogP contribution in [0.15, 0.2) is 24.3 Å². The first-order chi connectivity index (χ1) is 9.41. The normalized spacial score (nSPS) is 23.4. The molecular weight excluding hydrogens is 291 g/mol. The Labute approximate surface area is 118 Å². The van der Waals surface area contributed by atoms with E-state index in [1.165, 1.54) is 19.2 Å². The first-order valence-electron chi connectivity index (χ1n) is 6.00.